The molecule has 0 atom stereocenters. The highest BCUT2D eigenvalue weighted by Gasteiger charge is 2.29. The third-order valence-corrected chi connectivity index (χ3v) is 3.28. The molecule has 0 aliphatic heterocycles. The van der Waals surface area contributed by atoms with Crippen LogP contribution in [0.3, 0.4) is 0 Å². The van der Waals surface area contributed by atoms with Crippen LogP contribution in [0.4, 0.5) is 23.7 Å². The van der Waals surface area contributed by atoms with Crippen LogP contribution in [0.1, 0.15) is 5.56 Å². The van der Waals surface area contributed by atoms with Crippen molar-refractivity contribution >= 4 is 34.9 Å². The van der Waals surface area contributed by atoms with Crippen molar-refractivity contribution in [3.8, 4) is 5.75 Å². The van der Waals surface area contributed by atoms with E-state index in [9.17, 15) is 18.0 Å². The largest absolute Gasteiger partial charge is 0.482 e. The maximum Gasteiger partial charge on any atom is 0.422 e. The standard InChI is InChI=1S/C15H12Cl2F3N3O2/c16-10-2-3-12(25-8-15(18,19)20)11(5-10)23-14(24)22-7-9-1-4-13(17)21-6-9/h1-6H,7-8H2,(H2,22,23,24). The summed E-state index contributed by atoms with van der Waals surface area (Å²) in [5.41, 5.74) is 0.711. The lowest BCUT2D eigenvalue weighted by molar-refractivity contribution is -0.153. The maximum absolute atomic E-state index is 12.3. The fourth-order valence-electron chi connectivity index (χ4n) is 1.75. The van der Waals surface area contributed by atoms with E-state index in [1.54, 1.807) is 12.1 Å². The lowest BCUT2D eigenvalue weighted by Crippen LogP contribution is -2.28. The second kappa shape index (κ2) is 8.26. The minimum absolute atomic E-state index is 0.0171. The van der Waals surface area contributed by atoms with Crippen molar-refractivity contribution < 1.29 is 22.7 Å². The number of ether oxygens (including phenoxy) is 1. The van der Waals surface area contributed by atoms with E-state index >= 15 is 0 Å². The third-order valence-electron chi connectivity index (χ3n) is 2.82. The quantitative estimate of drug-likeness (QED) is 0.726. The second-order valence-corrected chi connectivity index (χ2v) is 5.66. The van der Waals surface area contributed by atoms with Crippen LogP contribution in [-0.2, 0) is 6.54 Å². The number of nitrogens with zero attached hydrogens (tertiary/aromatic N) is 1. The fourth-order valence-corrected chi connectivity index (χ4v) is 2.03. The molecule has 2 aromatic rings. The zero-order valence-electron chi connectivity index (χ0n) is 12.5. The molecule has 134 valence electrons. The molecular formula is C15H12Cl2F3N3O2. The van der Waals surface area contributed by atoms with Gasteiger partial charge in [0, 0.05) is 17.8 Å². The van der Waals surface area contributed by atoms with Crippen LogP contribution in [0.15, 0.2) is 36.5 Å². The van der Waals surface area contributed by atoms with E-state index in [0.29, 0.717) is 10.7 Å². The molecule has 0 fully saturated rings. The fraction of sp³-hybridized carbons (Fsp3) is 0.200. The van der Waals surface area contributed by atoms with E-state index in [1.807, 2.05) is 0 Å². The highest BCUT2D eigenvalue weighted by molar-refractivity contribution is 6.31. The van der Waals surface area contributed by atoms with Crippen molar-refractivity contribution in [1.29, 1.82) is 0 Å². The molecule has 0 aliphatic carbocycles. The minimum Gasteiger partial charge on any atom is -0.482 e. The Morgan fingerprint density at radius 3 is 2.60 bits per heavy atom. The van der Waals surface area contributed by atoms with Crippen molar-refractivity contribution in [1.82, 2.24) is 10.3 Å². The first-order valence-corrected chi connectivity index (χ1v) is 7.63. The van der Waals surface area contributed by atoms with Crippen LogP contribution < -0.4 is 15.4 Å². The molecule has 25 heavy (non-hydrogen) atoms. The highest BCUT2D eigenvalue weighted by atomic mass is 35.5. The Morgan fingerprint density at radius 1 is 1.20 bits per heavy atom. The van der Waals surface area contributed by atoms with Gasteiger partial charge < -0.3 is 15.4 Å². The lowest BCUT2D eigenvalue weighted by Gasteiger charge is -2.14. The number of amides is 2. The van der Waals surface area contributed by atoms with Gasteiger partial charge in [0.1, 0.15) is 10.9 Å². The number of aromatic nitrogens is 1. The number of urea groups is 1. The van der Waals surface area contributed by atoms with Gasteiger partial charge in [0.05, 0.1) is 5.69 Å². The molecule has 1 aromatic heterocycles. The first kappa shape index (κ1) is 19.1. The van der Waals surface area contributed by atoms with E-state index in [1.165, 1.54) is 24.4 Å². The molecule has 2 amide bonds. The van der Waals surface area contributed by atoms with Crippen LogP contribution in [0.2, 0.25) is 10.2 Å². The monoisotopic (exact) mass is 393 g/mol. The number of nitrogens with one attached hydrogen (secondary N) is 2. The van der Waals surface area contributed by atoms with Crippen LogP contribution in [0.25, 0.3) is 0 Å². The van der Waals surface area contributed by atoms with Gasteiger partial charge in [0.2, 0.25) is 0 Å². The third kappa shape index (κ3) is 6.67. The van der Waals surface area contributed by atoms with Gasteiger partial charge in [-0.05, 0) is 29.8 Å². The Kier molecular flexibility index (Phi) is 6.33. The maximum atomic E-state index is 12.3. The molecule has 0 saturated heterocycles. The van der Waals surface area contributed by atoms with Crippen molar-refractivity contribution in [3.63, 3.8) is 0 Å². The molecule has 2 rings (SSSR count). The minimum atomic E-state index is -4.50. The second-order valence-electron chi connectivity index (χ2n) is 4.84. The van der Waals surface area contributed by atoms with Crippen molar-refractivity contribution in [2.75, 3.05) is 11.9 Å². The average Bonchev–Trinajstić information content (AvgIpc) is 2.53. The number of pyridine rings is 1. The van der Waals surface area contributed by atoms with Crippen molar-refractivity contribution in [3.05, 3.63) is 52.3 Å². The topological polar surface area (TPSA) is 63.2 Å². The number of anilines is 1. The summed E-state index contributed by atoms with van der Waals surface area (Å²) in [6.07, 6.45) is -3.01. The van der Waals surface area contributed by atoms with Gasteiger partial charge in [-0.1, -0.05) is 29.3 Å². The summed E-state index contributed by atoms with van der Waals surface area (Å²) in [4.78, 5) is 15.8. The molecule has 1 aromatic carbocycles. The Balaban J connectivity index is 1.98. The molecule has 0 radical (unpaired) electrons. The molecule has 5 nitrogen and oxygen atoms in total. The zero-order valence-corrected chi connectivity index (χ0v) is 14.0. The zero-order chi connectivity index (χ0) is 18.4. The van der Waals surface area contributed by atoms with E-state index in [2.05, 4.69) is 20.4 Å². The number of benzene rings is 1. The number of alkyl halides is 3. The molecule has 0 saturated carbocycles. The van der Waals surface area contributed by atoms with Crippen LogP contribution >= 0.6 is 23.2 Å². The van der Waals surface area contributed by atoms with Crippen LogP contribution in [0.5, 0.6) is 5.75 Å². The normalized spacial score (nSPS) is 11.1. The summed E-state index contributed by atoms with van der Waals surface area (Å²) in [5, 5.41) is 5.48. The van der Waals surface area contributed by atoms with E-state index in [4.69, 9.17) is 23.2 Å². The SMILES string of the molecule is O=C(NCc1ccc(Cl)nc1)Nc1cc(Cl)ccc1OCC(F)(F)F. The number of halogens is 5. The Morgan fingerprint density at radius 2 is 1.96 bits per heavy atom. The average molecular weight is 394 g/mol. The van der Waals surface area contributed by atoms with Gasteiger partial charge in [0.25, 0.3) is 0 Å². The summed E-state index contributed by atoms with van der Waals surface area (Å²) in [5.74, 6) is -0.148. The molecule has 1 heterocycles. The number of carbonyl (C=O) groups excluding carboxylic acids is 1. The molecule has 2 N–H and O–H groups in total. The van der Waals surface area contributed by atoms with Crippen LogP contribution in [-0.4, -0.2) is 23.8 Å². The van der Waals surface area contributed by atoms with Gasteiger partial charge in [-0.3, -0.25) is 0 Å². The first-order chi connectivity index (χ1) is 11.7. The van der Waals surface area contributed by atoms with Crippen LogP contribution in [0, 0.1) is 0 Å². The van der Waals surface area contributed by atoms with Gasteiger partial charge in [-0.25, -0.2) is 9.78 Å². The summed E-state index contributed by atoms with van der Waals surface area (Å²) < 4.78 is 41.5. The number of rotatable bonds is 5. The number of hydrogen-bond donors (Lipinski definition) is 2. The van der Waals surface area contributed by atoms with E-state index in [-0.39, 0.29) is 23.0 Å². The highest BCUT2D eigenvalue weighted by Crippen LogP contribution is 2.29. The first-order valence-electron chi connectivity index (χ1n) is 6.87. The molecule has 0 spiro atoms. The lowest BCUT2D eigenvalue weighted by atomic mass is 10.3. The molecule has 0 unspecified atom stereocenters. The summed E-state index contributed by atoms with van der Waals surface area (Å²) in [7, 11) is 0. The smallest absolute Gasteiger partial charge is 0.422 e. The van der Waals surface area contributed by atoms with E-state index < -0.39 is 18.8 Å². The summed E-state index contributed by atoms with van der Waals surface area (Å²) in [6, 6.07) is 6.48. The Hall–Kier alpha value is -2.19. The Labute approximate surface area is 151 Å². The van der Waals surface area contributed by atoms with Crippen molar-refractivity contribution in [2.24, 2.45) is 0 Å². The number of hydrogen-bond acceptors (Lipinski definition) is 3. The molecule has 10 heteroatoms. The molecule has 0 bridgehead atoms. The van der Waals surface area contributed by atoms with Gasteiger partial charge >= 0.3 is 12.2 Å². The van der Waals surface area contributed by atoms with Gasteiger partial charge in [-0.2, -0.15) is 13.2 Å². The predicted octanol–water partition coefficient (Wildman–Crippen LogP) is 4.65. The predicted molar refractivity (Wildman–Crippen MR) is 88.1 cm³/mol. The molecular weight excluding hydrogens is 382 g/mol. The van der Waals surface area contributed by atoms with E-state index in [0.717, 1.165) is 0 Å². The van der Waals surface area contributed by atoms with Crippen molar-refractivity contribution in [2.45, 2.75) is 12.7 Å². The summed E-state index contributed by atoms with van der Waals surface area (Å²) in [6.45, 7) is -1.34. The van der Waals surface area contributed by atoms with Gasteiger partial charge in [-0.15, -0.1) is 0 Å². The van der Waals surface area contributed by atoms with Gasteiger partial charge in [0.15, 0.2) is 6.61 Å². The number of carbonyl (C=O) groups is 1. The summed E-state index contributed by atoms with van der Waals surface area (Å²) >= 11 is 11.5. The molecule has 0 aliphatic rings. The Bertz CT molecular complexity index is 740.